The first kappa shape index (κ1) is 50.2. The summed E-state index contributed by atoms with van der Waals surface area (Å²) in [5, 5.41) is 31.3. The number of aromatic nitrogens is 2. The number of pyridine rings is 1. The van der Waals surface area contributed by atoms with Crippen LogP contribution in [0.15, 0.2) is 33.9 Å². The number of hydrogen-bond donors (Lipinski definition) is 3. The lowest BCUT2D eigenvalue weighted by Crippen LogP contribution is -2.61. The maximum absolute atomic E-state index is 17.0. The Morgan fingerprint density at radius 3 is 2.44 bits per heavy atom. The van der Waals surface area contributed by atoms with E-state index in [0.717, 1.165) is 17.5 Å². The standard InChI is InChI=1S/C45H67FN6O10S/c1-12-33-45(9,57)31-17-16-30(51-59-22-29-15-14-28(20-48-29)40-49-34(47)23-63-40)21-58-43(7,19-24(3)36(26(31)5)50-35(53)13-2)39(27(6)38(55)44(8,46)42(56)61-33)62-41-37(54)32(52(10)11)18-25(4)60-41/h14-15,20,23-27,31-33,37,39,41,54,57H,12-13,16-19,21-22,47H2,1-11H3/b50-36?,51-30+/t24-,25-,26-,27+,31-,32+,33-,37-,39-,41+,43-,44+,45?/m1/s1. The second-order valence-electron chi connectivity index (χ2n) is 18.3. The Balaban J connectivity index is 1.66. The van der Waals surface area contributed by atoms with Gasteiger partial charge in [-0.05, 0) is 97.9 Å². The summed E-state index contributed by atoms with van der Waals surface area (Å²) in [6.07, 6.45) is -2.71. The van der Waals surface area contributed by atoms with Gasteiger partial charge in [0.25, 0.3) is 5.67 Å². The Hall–Kier alpha value is -3.78. The van der Waals surface area contributed by atoms with Crippen molar-refractivity contribution in [2.75, 3.05) is 26.4 Å². The van der Waals surface area contributed by atoms with Gasteiger partial charge in [-0.25, -0.2) is 19.2 Å². The van der Waals surface area contributed by atoms with Crippen molar-refractivity contribution in [3.63, 3.8) is 0 Å². The predicted octanol–water partition coefficient (Wildman–Crippen LogP) is 5.72. The second-order valence-corrected chi connectivity index (χ2v) is 19.1. The van der Waals surface area contributed by atoms with E-state index in [0.29, 0.717) is 29.4 Å². The highest BCUT2D eigenvalue weighted by Gasteiger charge is 2.56. The number of carbonyl (C=O) groups is 3. The molecule has 16 nitrogen and oxygen atoms in total. The zero-order valence-corrected chi connectivity index (χ0v) is 39.3. The van der Waals surface area contributed by atoms with E-state index in [1.807, 2.05) is 45.8 Å². The van der Waals surface area contributed by atoms with Crippen molar-refractivity contribution in [3.05, 3.63) is 29.4 Å². The van der Waals surface area contributed by atoms with Gasteiger partial charge >= 0.3 is 5.97 Å². The fourth-order valence-electron chi connectivity index (χ4n) is 9.42. The number of anilines is 1. The van der Waals surface area contributed by atoms with Crippen molar-refractivity contribution in [3.8, 4) is 10.6 Å². The van der Waals surface area contributed by atoms with Gasteiger partial charge in [-0.3, -0.25) is 14.6 Å². The molecule has 63 heavy (non-hydrogen) atoms. The van der Waals surface area contributed by atoms with E-state index in [-0.39, 0.29) is 57.3 Å². The fourth-order valence-corrected chi connectivity index (χ4v) is 10.1. The van der Waals surface area contributed by atoms with Gasteiger partial charge in [0.1, 0.15) is 28.6 Å². The number of fused-ring (bicyclic) bond motifs is 5. The Morgan fingerprint density at radius 2 is 1.84 bits per heavy atom. The minimum atomic E-state index is -3.19. The van der Waals surface area contributed by atoms with Crippen molar-refractivity contribution in [1.82, 2.24) is 14.9 Å². The molecule has 0 aliphatic carbocycles. The number of amides is 1. The third kappa shape index (κ3) is 11.4. The lowest BCUT2D eigenvalue weighted by atomic mass is 9.68. The number of nitrogens with zero attached hydrogens (tertiary/aromatic N) is 5. The first-order valence-corrected chi connectivity index (χ1v) is 22.8. The molecule has 0 saturated carbocycles. The van der Waals surface area contributed by atoms with E-state index < -0.39 is 82.9 Å². The number of Topliss-reactive ketones (excluding diaryl/α,β-unsaturated/α-hetero) is 1. The van der Waals surface area contributed by atoms with Crippen LogP contribution in [-0.2, 0) is 44.8 Å². The van der Waals surface area contributed by atoms with Crippen LogP contribution in [0.5, 0.6) is 0 Å². The van der Waals surface area contributed by atoms with Gasteiger partial charge in [-0.2, -0.15) is 0 Å². The number of oxime groups is 1. The number of likely N-dealkylation sites (N-methyl/N-ethyl adjacent to an activating group) is 1. The van der Waals surface area contributed by atoms with Gasteiger partial charge in [-0.15, -0.1) is 11.3 Å². The maximum Gasteiger partial charge on any atom is 0.351 e. The van der Waals surface area contributed by atoms with Crippen molar-refractivity contribution < 1.29 is 52.8 Å². The number of halogens is 1. The fraction of sp³-hybridized carbons (Fsp3) is 0.711. The lowest BCUT2D eigenvalue weighted by molar-refractivity contribution is -0.296. The van der Waals surface area contributed by atoms with Gasteiger partial charge in [-0.1, -0.05) is 39.8 Å². The molecular weight excluding hydrogens is 836 g/mol. The number of aliphatic hydroxyl groups is 2. The highest BCUT2D eigenvalue weighted by molar-refractivity contribution is 7.13. The number of ketones is 1. The zero-order chi connectivity index (χ0) is 46.6. The lowest BCUT2D eigenvalue weighted by Gasteiger charge is -2.48. The maximum atomic E-state index is 17.0. The van der Waals surface area contributed by atoms with Gasteiger partial charge in [0, 0.05) is 47.2 Å². The molecule has 0 radical (unpaired) electrons. The van der Waals surface area contributed by atoms with Crippen molar-refractivity contribution in [2.24, 2.45) is 33.8 Å². The highest BCUT2D eigenvalue weighted by Crippen LogP contribution is 2.43. The van der Waals surface area contributed by atoms with Crippen LogP contribution in [0.25, 0.3) is 10.6 Å². The minimum absolute atomic E-state index is 0.00603. The Labute approximate surface area is 374 Å². The second kappa shape index (κ2) is 20.6. The SMILES string of the molecule is CCC(=O)N=C1[C@H](C)C[C@@]2(C)OC/C(=N/OCc3ccc(-c4nc(N)cs4)cn3)CC[C@H]([C@H]1C)C(C)(O)[C@@H](CC)OC(=O)[C@@](C)(F)C(=O)[C@H](C)[C@H]2O[C@@H]1O[C@H](C)C[C@H](N(C)C)[C@H]1O. The van der Waals surface area contributed by atoms with Gasteiger partial charge in [0.2, 0.25) is 5.91 Å². The van der Waals surface area contributed by atoms with Crippen LogP contribution in [0.2, 0.25) is 0 Å². The number of ether oxygens (including phenoxy) is 4. The summed E-state index contributed by atoms with van der Waals surface area (Å²) in [6, 6.07) is 3.26. The van der Waals surface area contributed by atoms with E-state index in [4.69, 9.17) is 29.5 Å². The van der Waals surface area contributed by atoms with Crippen molar-refractivity contribution in [1.29, 1.82) is 0 Å². The number of thiazole rings is 1. The van der Waals surface area contributed by atoms with Crippen LogP contribution in [-0.4, -0.2) is 128 Å². The number of nitrogens with two attached hydrogens (primary N) is 1. The molecule has 3 saturated heterocycles. The molecule has 13 atom stereocenters. The molecule has 4 N–H and O–H groups in total. The number of rotatable bonds is 9. The molecule has 3 fully saturated rings. The topological polar surface area (TPSA) is 218 Å². The number of carbonyl (C=O) groups excluding carboxylic acids is 3. The van der Waals surface area contributed by atoms with Crippen LogP contribution < -0.4 is 5.73 Å². The van der Waals surface area contributed by atoms with Gasteiger partial charge in [0.05, 0.1) is 35.8 Å². The summed E-state index contributed by atoms with van der Waals surface area (Å²) in [6.45, 7) is 14.3. The average molecular weight is 903 g/mol. The summed E-state index contributed by atoms with van der Waals surface area (Å²) in [5.41, 5.74) is 1.52. The number of esters is 1. The van der Waals surface area contributed by atoms with Crippen LogP contribution in [0.4, 0.5) is 10.2 Å². The number of hydrogen-bond acceptors (Lipinski definition) is 16. The third-order valence-electron chi connectivity index (χ3n) is 13.1. The monoisotopic (exact) mass is 902 g/mol. The summed E-state index contributed by atoms with van der Waals surface area (Å²) >= 11 is 1.41. The van der Waals surface area contributed by atoms with E-state index in [9.17, 15) is 24.6 Å². The summed E-state index contributed by atoms with van der Waals surface area (Å²) in [7, 11) is 3.66. The van der Waals surface area contributed by atoms with E-state index in [1.165, 1.54) is 25.2 Å². The molecule has 5 rings (SSSR count). The number of cyclic esters (lactones) is 1. The van der Waals surface area contributed by atoms with Crippen LogP contribution in [0.1, 0.15) is 107 Å². The number of alkyl halides is 1. The molecule has 350 valence electrons. The largest absolute Gasteiger partial charge is 0.457 e. The molecule has 2 bridgehead atoms. The summed E-state index contributed by atoms with van der Waals surface area (Å²) in [5.74, 6) is -5.90. The van der Waals surface area contributed by atoms with E-state index in [2.05, 4.69) is 20.1 Å². The molecule has 5 heterocycles. The Kier molecular flexibility index (Phi) is 16.4. The molecule has 0 spiro atoms. The molecule has 2 aromatic heterocycles. The van der Waals surface area contributed by atoms with Gasteiger partial charge in [0.15, 0.2) is 18.7 Å². The molecule has 3 aliphatic heterocycles. The normalized spacial score (nSPS) is 37.6. The molecule has 0 aromatic carbocycles. The molecule has 3 aliphatic rings. The van der Waals surface area contributed by atoms with Crippen molar-refractivity contribution in [2.45, 2.75) is 161 Å². The van der Waals surface area contributed by atoms with E-state index in [1.54, 1.807) is 38.4 Å². The number of nitrogen functional groups attached to an aromatic ring is 1. The Morgan fingerprint density at radius 1 is 1.13 bits per heavy atom. The quantitative estimate of drug-likeness (QED) is 0.156. The smallest absolute Gasteiger partial charge is 0.351 e. The van der Waals surface area contributed by atoms with E-state index >= 15 is 4.39 Å². The van der Waals surface area contributed by atoms with Crippen LogP contribution >= 0.6 is 11.3 Å². The molecule has 2 aromatic rings. The Bertz CT molecular complexity index is 1980. The highest BCUT2D eigenvalue weighted by atomic mass is 32.1. The molecule has 1 amide bonds. The summed E-state index contributed by atoms with van der Waals surface area (Å²) in [4.78, 5) is 62.9. The molecule has 1 unspecified atom stereocenters. The summed E-state index contributed by atoms with van der Waals surface area (Å²) < 4.78 is 42.6. The first-order chi connectivity index (χ1) is 29.5. The molecular formula is C45H67FN6O10S. The van der Waals surface area contributed by atoms with Crippen molar-refractivity contribution >= 4 is 46.2 Å². The third-order valence-corrected chi connectivity index (χ3v) is 14.0. The van der Waals surface area contributed by atoms with Crippen LogP contribution in [0, 0.1) is 23.7 Å². The zero-order valence-electron chi connectivity index (χ0n) is 38.5. The van der Waals surface area contributed by atoms with Gasteiger partial charge < -0.3 is 44.6 Å². The number of aliphatic imine (C=N–C) groups is 1. The number of aliphatic hydroxyl groups excluding tert-OH is 1. The average Bonchev–Trinajstić information content (AvgIpc) is 3.67. The first-order valence-electron chi connectivity index (χ1n) is 21.9. The predicted molar refractivity (Wildman–Crippen MR) is 237 cm³/mol. The minimum Gasteiger partial charge on any atom is -0.457 e. The van der Waals surface area contributed by atoms with Crippen LogP contribution in [0.3, 0.4) is 0 Å². The molecule has 18 heteroatoms.